The van der Waals surface area contributed by atoms with Gasteiger partial charge in [0.05, 0.1) is 0 Å². The van der Waals surface area contributed by atoms with Crippen molar-refractivity contribution in [3.8, 4) is 0 Å². The molecule has 3 atom stereocenters. The zero-order valence-corrected chi connectivity index (χ0v) is 12.7. The van der Waals surface area contributed by atoms with Crippen LogP contribution in [0.5, 0.6) is 0 Å². The maximum absolute atomic E-state index is 12.6. The minimum Gasteiger partial charge on any atom is -0.351 e. The molecule has 108 valence electrons. The van der Waals surface area contributed by atoms with Gasteiger partial charge < -0.3 is 10.6 Å². The Morgan fingerprint density at radius 2 is 2.25 bits per heavy atom. The molecule has 0 saturated carbocycles. The summed E-state index contributed by atoms with van der Waals surface area (Å²) < 4.78 is 0. The van der Waals surface area contributed by atoms with E-state index in [9.17, 15) is 4.79 Å². The van der Waals surface area contributed by atoms with E-state index in [1.807, 2.05) is 6.07 Å². The van der Waals surface area contributed by atoms with Gasteiger partial charge in [0.2, 0.25) is 5.91 Å². The van der Waals surface area contributed by atoms with Crippen LogP contribution in [-0.4, -0.2) is 30.8 Å². The van der Waals surface area contributed by atoms with Crippen molar-refractivity contribution < 1.29 is 4.79 Å². The number of hydrogen-bond acceptors (Lipinski definition) is 3. The van der Waals surface area contributed by atoms with Crippen LogP contribution < -0.4 is 10.6 Å². The molecule has 2 heterocycles. The van der Waals surface area contributed by atoms with Crippen LogP contribution in [0.1, 0.15) is 29.7 Å². The Bertz CT molecular complexity index is 491. The van der Waals surface area contributed by atoms with Crippen molar-refractivity contribution in [2.45, 2.75) is 31.1 Å². The highest BCUT2D eigenvalue weighted by Crippen LogP contribution is 2.36. The van der Waals surface area contributed by atoms with Gasteiger partial charge in [0, 0.05) is 12.6 Å². The topological polar surface area (TPSA) is 41.1 Å². The van der Waals surface area contributed by atoms with Crippen LogP contribution >= 0.6 is 11.8 Å². The van der Waals surface area contributed by atoms with Gasteiger partial charge in [-0.2, -0.15) is 0 Å². The smallest absolute Gasteiger partial charge is 0.237 e. The number of carbonyl (C=O) groups excluding carboxylic acids is 1. The molecular formula is C16H22N2OS. The third kappa shape index (κ3) is 2.86. The first-order chi connectivity index (χ1) is 9.75. The maximum Gasteiger partial charge on any atom is 0.237 e. The van der Waals surface area contributed by atoms with Gasteiger partial charge in [0.25, 0.3) is 0 Å². The van der Waals surface area contributed by atoms with E-state index in [2.05, 4.69) is 35.8 Å². The van der Waals surface area contributed by atoms with E-state index >= 15 is 0 Å². The number of fused-ring (bicyclic) bond motifs is 1. The molecule has 4 heteroatoms. The lowest BCUT2D eigenvalue weighted by Crippen LogP contribution is -2.51. The van der Waals surface area contributed by atoms with Gasteiger partial charge in [-0.3, -0.25) is 4.79 Å². The molecule has 3 nitrogen and oxygen atoms in total. The molecule has 1 aromatic carbocycles. The highest BCUT2D eigenvalue weighted by atomic mass is 32.2. The van der Waals surface area contributed by atoms with Gasteiger partial charge in [-0.05, 0) is 42.2 Å². The highest BCUT2D eigenvalue weighted by molar-refractivity contribution is 8.00. The van der Waals surface area contributed by atoms with Crippen LogP contribution in [0.4, 0.5) is 0 Å². The molecule has 2 aliphatic rings. The first-order valence-electron chi connectivity index (χ1n) is 7.46. The summed E-state index contributed by atoms with van der Waals surface area (Å²) in [5.41, 5.74) is 2.54. The minimum absolute atomic E-state index is 0.0333. The van der Waals surface area contributed by atoms with E-state index in [0.717, 1.165) is 31.7 Å². The third-order valence-corrected chi connectivity index (χ3v) is 5.63. The molecular weight excluding hydrogens is 268 g/mol. The average Bonchev–Trinajstić information content (AvgIpc) is 2.49. The van der Waals surface area contributed by atoms with E-state index in [-0.39, 0.29) is 17.2 Å². The molecule has 3 unspecified atom stereocenters. The lowest BCUT2D eigenvalue weighted by molar-refractivity contribution is -0.121. The number of benzene rings is 1. The molecule has 3 rings (SSSR count). The lowest BCUT2D eigenvalue weighted by Gasteiger charge is -2.32. The molecule has 1 amide bonds. The van der Waals surface area contributed by atoms with E-state index < -0.39 is 0 Å². The second-order valence-corrected chi connectivity index (χ2v) is 7.00. The summed E-state index contributed by atoms with van der Waals surface area (Å²) in [5, 5.41) is 6.59. The monoisotopic (exact) mass is 290 g/mol. The standard InChI is InChI=1S/C16H22N2OS/c1-11-6-8-17-10-14(11)18-16(19)15-13-5-3-2-4-12(13)7-9-20-15/h2-5,11,14-15,17H,6-10H2,1H3,(H,18,19). The first kappa shape index (κ1) is 14.0. The molecule has 0 spiro atoms. The van der Waals surface area contributed by atoms with Crippen molar-refractivity contribution in [2.75, 3.05) is 18.8 Å². The number of hydrogen-bond donors (Lipinski definition) is 2. The van der Waals surface area contributed by atoms with Gasteiger partial charge in [-0.25, -0.2) is 0 Å². The molecule has 0 radical (unpaired) electrons. The number of piperidine rings is 1. The molecule has 0 bridgehead atoms. The van der Waals surface area contributed by atoms with Crippen LogP contribution in [0.15, 0.2) is 24.3 Å². The second kappa shape index (κ2) is 6.19. The van der Waals surface area contributed by atoms with Crippen LogP contribution in [0, 0.1) is 5.92 Å². The summed E-state index contributed by atoms with van der Waals surface area (Å²) in [6.45, 7) is 4.19. The summed E-state index contributed by atoms with van der Waals surface area (Å²) >= 11 is 1.77. The fourth-order valence-electron chi connectivity index (χ4n) is 3.05. The maximum atomic E-state index is 12.6. The summed E-state index contributed by atoms with van der Waals surface area (Å²) in [5.74, 6) is 1.78. The molecule has 0 aromatic heterocycles. The number of nitrogens with one attached hydrogen (secondary N) is 2. The van der Waals surface area contributed by atoms with Crippen LogP contribution in [0.3, 0.4) is 0 Å². The molecule has 1 saturated heterocycles. The Morgan fingerprint density at radius 1 is 1.40 bits per heavy atom. The predicted molar refractivity (Wildman–Crippen MR) is 83.9 cm³/mol. The van der Waals surface area contributed by atoms with Crippen LogP contribution in [0.25, 0.3) is 0 Å². The number of aryl methyl sites for hydroxylation is 1. The van der Waals surface area contributed by atoms with Gasteiger partial charge in [-0.1, -0.05) is 31.2 Å². The number of carbonyl (C=O) groups is 1. The predicted octanol–water partition coefficient (Wildman–Crippen LogP) is 2.13. The largest absolute Gasteiger partial charge is 0.351 e. The summed E-state index contributed by atoms with van der Waals surface area (Å²) in [7, 11) is 0. The summed E-state index contributed by atoms with van der Waals surface area (Å²) in [6, 6.07) is 8.63. The number of rotatable bonds is 2. The molecule has 1 aromatic rings. The summed E-state index contributed by atoms with van der Waals surface area (Å²) in [4.78, 5) is 12.6. The normalized spacial score (nSPS) is 29.6. The molecule has 1 fully saturated rings. The van der Waals surface area contributed by atoms with E-state index in [0.29, 0.717) is 5.92 Å². The van der Waals surface area contributed by atoms with Crippen molar-refractivity contribution in [3.63, 3.8) is 0 Å². The Balaban J connectivity index is 1.72. The quantitative estimate of drug-likeness (QED) is 0.877. The SMILES string of the molecule is CC1CCNCC1NC(=O)C1SCCc2ccccc21. The second-order valence-electron chi connectivity index (χ2n) is 5.78. The Kier molecular flexibility index (Phi) is 4.32. The van der Waals surface area contributed by atoms with Gasteiger partial charge >= 0.3 is 0 Å². The third-order valence-electron chi connectivity index (χ3n) is 4.39. The minimum atomic E-state index is -0.0333. The van der Waals surface area contributed by atoms with Crippen molar-refractivity contribution in [3.05, 3.63) is 35.4 Å². The van der Waals surface area contributed by atoms with Crippen LogP contribution in [-0.2, 0) is 11.2 Å². The number of thioether (sulfide) groups is 1. The average molecular weight is 290 g/mol. The van der Waals surface area contributed by atoms with E-state index in [1.54, 1.807) is 11.8 Å². The Morgan fingerprint density at radius 3 is 3.10 bits per heavy atom. The highest BCUT2D eigenvalue weighted by Gasteiger charge is 2.30. The van der Waals surface area contributed by atoms with Gasteiger partial charge in [0.1, 0.15) is 5.25 Å². The Hall–Kier alpha value is -1.00. The molecule has 20 heavy (non-hydrogen) atoms. The van der Waals surface area contributed by atoms with Crippen molar-refractivity contribution in [1.29, 1.82) is 0 Å². The Labute approximate surface area is 124 Å². The fourth-order valence-corrected chi connectivity index (χ4v) is 4.25. The van der Waals surface area contributed by atoms with Gasteiger partial charge in [-0.15, -0.1) is 11.8 Å². The molecule has 2 N–H and O–H groups in total. The summed E-state index contributed by atoms with van der Waals surface area (Å²) in [6.07, 6.45) is 2.21. The van der Waals surface area contributed by atoms with E-state index in [4.69, 9.17) is 0 Å². The fraction of sp³-hybridized carbons (Fsp3) is 0.562. The van der Waals surface area contributed by atoms with Crippen molar-refractivity contribution in [1.82, 2.24) is 10.6 Å². The van der Waals surface area contributed by atoms with E-state index in [1.165, 1.54) is 11.1 Å². The molecule has 0 aliphatic carbocycles. The molecule has 2 aliphatic heterocycles. The number of amides is 1. The zero-order valence-electron chi connectivity index (χ0n) is 11.9. The lowest BCUT2D eigenvalue weighted by atomic mass is 9.94. The van der Waals surface area contributed by atoms with Crippen LogP contribution in [0.2, 0.25) is 0 Å². The van der Waals surface area contributed by atoms with Crippen molar-refractivity contribution >= 4 is 17.7 Å². The van der Waals surface area contributed by atoms with Gasteiger partial charge in [0.15, 0.2) is 0 Å². The first-order valence-corrected chi connectivity index (χ1v) is 8.51. The van der Waals surface area contributed by atoms with Crippen molar-refractivity contribution in [2.24, 2.45) is 5.92 Å². The zero-order chi connectivity index (χ0) is 13.9.